The van der Waals surface area contributed by atoms with Gasteiger partial charge in [-0.15, -0.1) is 11.3 Å². The number of benzene rings is 1. The maximum absolute atomic E-state index is 13.7. The van der Waals surface area contributed by atoms with Gasteiger partial charge in [-0.2, -0.15) is 0 Å². The van der Waals surface area contributed by atoms with Gasteiger partial charge >= 0.3 is 0 Å². The minimum absolute atomic E-state index is 0.0911. The average molecular weight is 505 g/mol. The van der Waals surface area contributed by atoms with E-state index in [1.165, 1.54) is 16.6 Å². The molecule has 0 saturated carbocycles. The fourth-order valence-electron chi connectivity index (χ4n) is 4.28. The third-order valence-electron chi connectivity index (χ3n) is 6.00. The molecule has 33 heavy (non-hydrogen) atoms. The molecule has 1 amide bonds. The lowest BCUT2D eigenvalue weighted by molar-refractivity contribution is -0.119. The smallest absolute Gasteiger partial charge is 0.267 e. The Balaban J connectivity index is 1.48. The molecule has 3 aromatic rings. The molecule has 10 heteroatoms. The van der Waals surface area contributed by atoms with E-state index >= 15 is 0 Å². The molecule has 1 N–H and O–H groups in total. The topological polar surface area (TPSA) is 76.5 Å². The number of nitrogens with one attached hydrogen (secondary N) is 1. The molecule has 1 saturated heterocycles. The van der Waals surface area contributed by atoms with Crippen LogP contribution in [0.1, 0.15) is 23.3 Å². The SMILES string of the molecule is CN1CCc2c(sc3nc(SCC(=O)NCC4CCCO4)n(-c4ccc(Cl)cc4)c(=O)c23)C1. The lowest BCUT2D eigenvalue weighted by Gasteiger charge is -2.21. The third-order valence-corrected chi connectivity index (χ3v) is 8.30. The summed E-state index contributed by atoms with van der Waals surface area (Å²) in [5.74, 6) is 0.0751. The molecule has 174 valence electrons. The van der Waals surface area contributed by atoms with Crippen LogP contribution < -0.4 is 10.9 Å². The molecule has 0 aliphatic carbocycles. The van der Waals surface area contributed by atoms with Crippen molar-refractivity contribution in [1.82, 2.24) is 19.8 Å². The fourth-order valence-corrected chi connectivity index (χ4v) is 6.59. The first-order chi connectivity index (χ1) is 16.0. The minimum atomic E-state index is -0.0976. The zero-order valence-electron chi connectivity index (χ0n) is 18.3. The summed E-state index contributed by atoms with van der Waals surface area (Å²) in [6, 6.07) is 7.14. The Morgan fingerprint density at radius 3 is 2.94 bits per heavy atom. The van der Waals surface area contributed by atoms with E-state index in [4.69, 9.17) is 21.3 Å². The Bertz CT molecular complexity index is 1240. The van der Waals surface area contributed by atoms with Crippen molar-refractivity contribution in [2.75, 3.05) is 32.5 Å². The number of rotatable bonds is 6. The number of fused-ring (bicyclic) bond motifs is 3. The molecular weight excluding hydrogens is 480 g/mol. The summed E-state index contributed by atoms with van der Waals surface area (Å²) in [5.41, 5.74) is 1.71. The van der Waals surface area contributed by atoms with Crippen molar-refractivity contribution >= 4 is 50.8 Å². The number of carbonyl (C=O) groups excluding carboxylic acids is 1. The predicted molar refractivity (Wildman–Crippen MR) is 133 cm³/mol. The van der Waals surface area contributed by atoms with Crippen LogP contribution in [0.4, 0.5) is 0 Å². The van der Waals surface area contributed by atoms with E-state index in [1.54, 1.807) is 28.0 Å². The minimum Gasteiger partial charge on any atom is -0.376 e. The second-order valence-corrected chi connectivity index (χ2v) is 10.9. The van der Waals surface area contributed by atoms with Crippen molar-refractivity contribution in [3.8, 4) is 5.69 Å². The monoisotopic (exact) mass is 504 g/mol. The predicted octanol–water partition coefficient (Wildman–Crippen LogP) is 3.48. The lowest BCUT2D eigenvalue weighted by Crippen LogP contribution is -2.33. The zero-order valence-corrected chi connectivity index (χ0v) is 20.7. The van der Waals surface area contributed by atoms with Crippen LogP contribution in [0.15, 0.2) is 34.2 Å². The van der Waals surface area contributed by atoms with Crippen LogP contribution in [-0.4, -0.2) is 59.0 Å². The number of hydrogen-bond acceptors (Lipinski definition) is 7. The van der Waals surface area contributed by atoms with Gasteiger partial charge in [0.05, 0.1) is 22.9 Å². The van der Waals surface area contributed by atoms with Crippen molar-refractivity contribution in [1.29, 1.82) is 0 Å². The van der Waals surface area contributed by atoms with Gasteiger partial charge in [0.1, 0.15) is 4.83 Å². The molecule has 0 spiro atoms. The first kappa shape index (κ1) is 22.9. The number of thioether (sulfide) groups is 1. The van der Waals surface area contributed by atoms with Gasteiger partial charge in [0, 0.05) is 36.1 Å². The van der Waals surface area contributed by atoms with Gasteiger partial charge in [-0.1, -0.05) is 23.4 Å². The highest BCUT2D eigenvalue weighted by Gasteiger charge is 2.25. The van der Waals surface area contributed by atoms with Crippen LogP contribution in [0.2, 0.25) is 5.02 Å². The number of nitrogens with zero attached hydrogens (tertiary/aromatic N) is 3. The summed E-state index contributed by atoms with van der Waals surface area (Å²) >= 11 is 8.94. The van der Waals surface area contributed by atoms with Crippen molar-refractivity contribution < 1.29 is 9.53 Å². The van der Waals surface area contributed by atoms with Gasteiger partial charge < -0.3 is 15.0 Å². The van der Waals surface area contributed by atoms with E-state index < -0.39 is 0 Å². The largest absolute Gasteiger partial charge is 0.376 e. The number of ether oxygens (including phenoxy) is 1. The number of carbonyl (C=O) groups is 1. The van der Waals surface area contributed by atoms with Crippen LogP contribution >= 0.6 is 34.7 Å². The molecule has 7 nitrogen and oxygen atoms in total. The van der Waals surface area contributed by atoms with Crippen molar-refractivity contribution in [3.05, 3.63) is 50.1 Å². The van der Waals surface area contributed by atoms with E-state index in [-0.39, 0.29) is 23.3 Å². The molecule has 0 radical (unpaired) electrons. The maximum Gasteiger partial charge on any atom is 0.267 e. The molecule has 2 aromatic heterocycles. The van der Waals surface area contributed by atoms with Crippen LogP contribution in [0.25, 0.3) is 15.9 Å². The number of amides is 1. The van der Waals surface area contributed by atoms with Gasteiger partial charge in [0.15, 0.2) is 5.16 Å². The second-order valence-electron chi connectivity index (χ2n) is 8.41. The molecule has 2 aliphatic rings. The number of likely N-dealkylation sites (N-methyl/N-ethyl adjacent to an activating group) is 1. The standard InChI is InChI=1S/C23H25ClN4O3S2/c1-27-9-8-17-18(12-27)33-21-20(17)22(30)28(15-6-4-14(24)5-7-15)23(26-21)32-13-19(29)25-11-16-3-2-10-31-16/h4-7,16H,2-3,8-13H2,1H3,(H,25,29). The van der Waals surface area contributed by atoms with E-state index in [9.17, 15) is 9.59 Å². The fraction of sp³-hybridized carbons (Fsp3) is 0.435. The number of aromatic nitrogens is 2. The van der Waals surface area contributed by atoms with E-state index in [0.29, 0.717) is 27.8 Å². The summed E-state index contributed by atoms with van der Waals surface area (Å²) in [6.07, 6.45) is 2.94. The number of halogens is 1. The van der Waals surface area contributed by atoms with Crippen molar-refractivity contribution in [3.63, 3.8) is 0 Å². The summed E-state index contributed by atoms with van der Waals surface area (Å²) in [6.45, 7) is 3.01. The summed E-state index contributed by atoms with van der Waals surface area (Å²) < 4.78 is 7.18. The molecule has 1 fully saturated rings. The van der Waals surface area contributed by atoms with Gasteiger partial charge in [0.2, 0.25) is 5.91 Å². The Labute approximate surface area is 205 Å². The van der Waals surface area contributed by atoms with Gasteiger partial charge in [0.25, 0.3) is 5.56 Å². The Morgan fingerprint density at radius 2 is 2.18 bits per heavy atom. The molecular formula is C23H25ClN4O3S2. The second kappa shape index (κ2) is 9.76. The normalized spacial score (nSPS) is 18.5. The lowest BCUT2D eigenvalue weighted by atomic mass is 10.1. The van der Waals surface area contributed by atoms with E-state index in [1.807, 2.05) is 12.1 Å². The Morgan fingerprint density at radius 1 is 1.36 bits per heavy atom. The molecule has 0 bridgehead atoms. The molecule has 5 rings (SSSR count). The quantitative estimate of drug-likeness (QED) is 0.409. The molecule has 1 atom stereocenters. The first-order valence-electron chi connectivity index (χ1n) is 11.0. The van der Waals surface area contributed by atoms with E-state index in [2.05, 4.69) is 17.3 Å². The molecule has 2 aliphatic heterocycles. The summed E-state index contributed by atoms with van der Waals surface area (Å²) in [5, 5.41) is 4.74. The summed E-state index contributed by atoms with van der Waals surface area (Å²) in [4.78, 5) is 35.3. The first-order valence-corrected chi connectivity index (χ1v) is 13.2. The zero-order chi connectivity index (χ0) is 22.9. The van der Waals surface area contributed by atoms with Gasteiger partial charge in [-0.25, -0.2) is 4.98 Å². The van der Waals surface area contributed by atoms with Crippen LogP contribution in [0.3, 0.4) is 0 Å². The molecule has 4 heterocycles. The molecule has 1 aromatic carbocycles. The molecule has 1 unspecified atom stereocenters. The highest BCUT2D eigenvalue weighted by molar-refractivity contribution is 7.99. The van der Waals surface area contributed by atoms with E-state index in [0.717, 1.165) is 49.4 Å². The maximum atomic E-state index is 13.7. The number of hydrogen-bond donors (Lipinski definition) is 1. The highest BCUT2D eigenvalue weighted by atomic mass is 35.5. The third kappa shape index (κ3) is 4.83. The average Bonchev–Trinajstić information content (AvgIpc) is 3.44. The van der Waals surface area contributed by atoms with Gasteiger partial charge in [-0.3, -0.25) is 14.2 Å². The van der Waals surface area contributed by atoms with Gasteiger partial charge in [-0.05, 0) is 56.1 Å². The van der Waals surface area contributed by atoms with Crippen LogP contribution in [-0.2, 0) is 22.5 Å². The summed E-state index contributed by atoms with van der Waals surface area (Å²) in [7, 11) is 2.09. The van der Waals surface area contributed by atoms with Crippen molar-refractivity contribution in [2.24, 2.45) is 0 Å². The van der Waals surface area contributed by atoms with Crippen LogP contribution in [0, 0.1) is 0 Å². The Hall–Kier alpha value is -1.91. The Kier molecular flexibility index (Phi) is 6.76. The van der Waals surface area contributed by atoms with Crippen molar-refractivity contribution in [2.45, 2.75) is 37.1 Å². The highest BCUT2D eigenvalue weighted by Crippen LogP contribution is 2.34. The van der Waals surface area contributed by atoms with Crippen LogP contribution in [0.5, 0.6) is 0 Å². The number of thiophene rings is 1.